The van der Waals surface area contributed by atoms with Gasteiger partial charge < -0.3 is 14.9 Å². The third-order valence-corrected chi connectivity index (χ3v) is 8.27. The number of hydrogen-bond acceptors (Lipinski definition) is 7. The second kappa shape index (κ2) is 18.1. The third-order valence-electron chi connectivity index (χ3n) is 8.27. The number of methoxy groups -OCH3 is 1. The summed E-state index contributed by atoms with van der Waals surface area (Å²) in [6.45, 7) is 24.9. The van der Waals surface area contributed by atoms with Gasteiger partial charge in [0.25, 0.3) is 11.8 Å². The van der Waals surface area contributed by atoms with E-state index in [1.54, 1.807) is 49.7 Å². The number of aromatic hydroxyl groups is 2. The Morgan fingerprint density at radius 1 is 0.604 bits per heavy atom. The van der Waals surface area contributed by atoms with E-state index in [2.05, 4.69) is 93.6 Å². The van der Waals surface area contributed by atoms with E-state index in [0.717, 1.165) is 33.6 Å². The number of carbonyl (C=O) groups is 2. The van der Waals surface area contributed by atoms with Crippen LogP contribution in [0.15, 0.2) is 90.0 Å². The molecule has 0 unspecified atom stereocenters. The minimum absolute atomic E-state index is 0.0986. The van der Waals surface area contributed by atoms with Crippen LogP contribution in [0.5, 0.6) is 17.2 Å². The smallest absolute Gasteiger partial charge is 0.271 e. The predicted octanol–water partition coefficient (Wildman–Crippen LogP) is 9.04. The van der Waals surface area contributed by atoms with Gasteiger partial charge in [-0.05, 0) is 75.8 Å². The zero-order valence-corrected chi connectivity index (χ0v) is 33.8. The van der Waals surface area contributed by atoms with Gasteiger partial charge in [0, 0.05) is 33.4 Å². The highest BCUT2D eigenvalue weighted by atomic mass is 16.5. The van der Waals surface area contributed by atoms with Gasteiger partial charge >= 0.3 is 0 Å². The van der Waals surface area contributed by atoms with Gasteiger partial charge in [0.2, 0.25) is 0 Å². The number of nitrogens with zero attached hydrogens (tertiary/aromatic N) is 1. The Balaban J connectivity index is 0.000000307. The van der Waals surface area contributed by atoms with E-state index < -0.39 is 0 Å². The standard InChI is InChI=1S/C22H28N2O2.C15H24O2.C7H8N2O/c1-21(2,3)17-12-15(13-18(19(17)25)22(4,5)6)14-23-24-20(26)16-10-8-7-9-11-16;1-14(2,3)11-8-10(17-7)9-12(13(11)16)15(4,5)6;8-9-7(10)6-4-2-1-3-5-6/h7-14,25H,1-6H3,(H,24,26);8-9,16H,1-7H3;1-5H,8H2,(H,9,10)/b23-14+;;. The van der Waals surface area contributed by atoms with E-state index >= 15 is 0 Å². The van der Waals surface area contributed by atoms with Crippen LogP contribution in [0.3, 0.4) is 0 Å². The van der Waals surface area contributed by atoms with Crippen LogP contribution < -0.4 is 21.4 Å². The van der Waals surface area contributed by atoms with Crippen LogP contribution in [0.1, 0.15) is 132 Å². The molecule has 0 aliphatic rings. The molecule has 0 fully saturated rings. The zero-order valence-electron chi connectivity index (χ0n) is 33.8. The van der Waals surface area contributed by atoms with Crippen LogP contribution in [-0.4, -0.2) is 35.4 Å². The van der Waals surface area contributed by atoms with Crippen LogP contribution >= 0.6 is 0 Å². The maximum Gasteiger partial charge on any atom is 0.271 e. The molecule has 4 rings (SSSR count). The normalized spacial score (nSPS) is 11.8. The molecule has 9 nitrogen and oxygen atoms in total. The number of nitrogen functional groups attached to an aromatic ring is 1. The van der Waals surface area contributed by atoms with Crippen molar-refractivity contribution >= 4 is 18.0 Å². The summed E-state index contributed by atoms with van der Waals surface area (Å²) in [5.74, 6) is 5.91. The number of nitrogens with one attached hydrogen (secondary N) is 2. The zero-order chi connectivity index (χ0) is 40.4. The topological polar surface area (TPSA) is 146 Å². The summed E-state index contributed by atoms with van der Waals surface area (Å²) in [4.78, 5) is 22.9. The summed E-state index contributed by atoms with van der Waals surface area (Å²) < 4.78 is 5.33. The van der Waals surface area contributed by atoms with Crippen molar-refractivity contribution in [3.05, 3.63) is 124 Å². The van der Waals surface area contributed by atoms with Crippen molar-refractivity contribution in [1.29, 1.82) is 0 Å². The van der Waals surface area contributed by atoms with Crippen molar-refractivity contribution in [2.75, 3.05) is 7.11 Å². The Bertz CT molecular complexity index is 1770. The Morgan fingerprint density at radius 3 is 1.26 bits per heavy atom. The van der Waals surface area contributed by atoms with Crippen LogP contribution in [0.25, 0.3) is 0 Å². The number of phenolic OH excluding ortho intramolecular Hbond substituents is 2. The molecule has 6 N–H and O–H groups in total. The first-order chi connectivity index (χ1) is 24.4. The highest BCUT2D eigenvalue weighted by Gasteiger charge is 2.28. The Morgan fingerprint density at radius 2 is 0.943 bits per heavy atom. The first-order valence-corrected chi connectivity index (χ1v) is 17.7. The number of carbonyl (C=O) groups excluding carboxylic acids is 2. The van der Waals surface area contributed by atoms with E-state index in [1.807, 2.05) is 54.0 Å². The Kier molecular flexibility index (Phi) is 15.0. The molecule has 9 heteroatoms. The largest absolute Gasteiger partial charge is 0.507 e. The molecule has 0 aliphatic carbocycles. The predicted molar refractivity (Wildman–Crippen MR) is 217 cm³/mol. The average molecular weight is 725 g/mol. The molecule has 4 aromatic rings. The molecule has 0 saturated heterocycles. The highest BCUT2D eigenvalue weighted by Crippen LogP contribution is 2.42. The van der Waals surface area contributed by atoms with Crippen LogP contribution in [0, 0.1) is 0 Å². The molecule has 0 bridgehead atoms. The molecule has 0 aromatic heterocycles. The van der Waals surface area contributed by atoms with Crippen LogP contribution in [0.4, 0.5) is 0 Å². The molecule has 4 aromatic carbocycles. The number of rotatable bonds is 5. The number of benzene rings is 4. The van der Waals surface area contributed by atoms with Gasteiger partial charge in [-0.3, -0.25) is 15.0 Å². The monoisotopic (exact) mass is 724 g/mol. The lowest BCUT2D eigenvalue weighted by Gasteiger charge is -2.27. The molecular weight excluding hydrogens is 665 g/mol. The van der Waals surface area contributed by atoms with Gasteiger partial charge in [0.05, 0.1) is 13.3 Å². The molecule has 0 saturated carbocycles. The van der Waals surface area contributed by atoms with E-state index in [4.69, 9.17) is 10.6 Å². The van der Waals surface area contributed by atoms with Gasteiger partial charge in [0.15, 0.2) is 0 Å². The van der Waals surface area contributed by atoms with Crippen molar-refractivity contribution in [3.8, 4) is 17.2 Å². The maximum atomic E-state index is 12.1. The number of phenols is 2. The summed E-state index contributed by atoms with van der Waals surface area (Å²) in [6.07, 6.45) is 1.62. The minimum atomic E-state index is -0.263. The lowest BCUT2D eigenvalue weighted by Crippen LogP contribution is -2.29. The summed E-state index contributed by atoms with van der Waals surface area (Å²) in [6, 6.07) is 25.4. The number of hydrazine groups is 1. The number of hydrogen-bond donors (Lipinski definition) is 5. The van der Waals surface area contributed by atoms with Gasteiger partial charge in [-0.1, -0.05) is 119 Å². The van der Waals surface area contributed by atoms with Gasteiger partial charge in [-0.25, -0.2) is 11.3 Å². The molecule has 0 spiro atoms. The maximum absolute atomic E-state index is 12.1. The first kappa shape index (κ1) is 44.0. The van der Waals surface area contributed by atoms with Crippen molar-refractivity contribution < 1.29 is 24.5 Å². The van der Waals surface area contributed by atoms with Crippen molar-refractivity contribution in [2.24, 2.45) is 10.9 Å². The molecule has 0 heterocycles. The molecule has 53 heavy (non-hydrogen) atoms. The fraction of sp³-hybridized carbons (Fsp3) is 0.386. The van der Waals surface area contributed by atoms with Gasteiger partial charge in [0.1, 0.15) is 17.2 Å². The Hall–Kier alpha value is -5.15. The van der Waals surface area contributed by atoms with E-state index in [-0.39, 0.29) is 33.5 Å². The summed E-state index contributed by atoms with van der Waals surface area (Å²) in [7, 11) is 1.66. The molecule has 2 amide bonds. The average Bonchev–Trinajstić information content (AvgIpc) is 3.08. The minimum Gasteiger partial charge on any atom is -0.507 e. The second-order valence-corrected chi connectivity index (χ2v) is 16.9. The number of nitrogens with two attached hydrogens (primary N) is 1. The fourth-order valence-electron chi connectivity index (χ4n) is 5.24. The quantitative estimate of drug-likeness (QED) is 0.0601. The molecule has 0 aliphatic heterocycles. The molecule has 286 valence electrons. The molecule has 0 radical (unpaired) electrons. The summed E-state index contributed by atoms with van der Waals surface area (Å²) in [5.41, 5.74) is 9.53. The fourth-order valence-corrected chi connectivity index (χ4v) is 5.24. The van der Waals surface area contributed by atoms with Crippen LogP contribution in [-0.2, 0) is 21.7 Å². The lowest BCUT2D eigenvalue weighted by molar-refractivity contribution is 0.0946. The van der Waals surface area contributed by atoms with E-state index in [0.29, 0.717) is 22.6 Å². The lowest BCUT2D eigenvalue weighted by atomic mass is 9.78. The first-order valence-electron chi connectivity index (χ1n) is 17.7. The number of ether oxygens (including phenoxy) is 1. The van der Waals surface area contributed by atoms with Gasteiger partial charge in [-0.15, -0.1) is 0 Å². The Labute approximate surface area is 316 Å². The van der Waals surface area contributed by atoms with Gasteiger partial charge in [-0.2, -0.15) is 5.10 Å². The van der Waals surface area contributed by atoms with Crippen molar-refractivity contribution in [2.45, 2.75) is 105 Å². The third kappa shape index (κ3) is 13.1. The van der Waals surface area contributed by atoms with Crippen LogP contribution in [0.2, 0.25) is 0 Å². The SMILES string of the molecule is CC(C)(C)c1cc(/C=N/NC(=O)c2ccccc2)cc(C(C)(C)C)c1O.COc1cc(C(C)(C)C)c(O)c(C(C)(C)C)c1.NNC(=O)c1ccccc1. The van der Waals surface area contributed by atoms with E-state index in [1.165, 1.54) is 0 Å². The molecular formula is C44H60N4O5. The van der Waals surface area contributed by atoms with Crippen molar-refractivity contribution in [1.82, 2.24) is 10.9 Å². The van der Waals surface area contributed by atoms with Crippen molar-refractivity contribution in [3.63, 3.8) is 0 Å². The number of amides is 2. The molecule has 0 atom stereocenters. The summed E-state index contributed by atoms with van der Waals surface area (Å²) >= 11 is 0. The summed E-state index contributed by atoms with van der Waals surface area (Å²) in [5, 5.41) is 25.2. The highest BCUT2D eigenvalue weighted by molar-refractivity contribution is 5.95. The number of hydrazone groups is 1. The van der Waals surface area contributed by atoms with E-state index in [9.17, 15) is 19.8 Å². The second-order valence-electron chi connectivity index (χ2n) is 16.9.